The van der Waals surface area contributed by atoms with Gasteiger partial charge >= 0.3 is 0 Å². The Morgan fingerprint density at radius 2 is 1.83 bits per heavy atom. The van der Waals surface area contributed by atoms with Crippen LogP contribution >= 0.6 is 11.6 Å². The number of fused-ring (bicyclic) bond motifs is 1. The number of nitrogens with zero attached hydrogens (tertiary/aromatic N) is 3. The number of nitrogens with one attached hydrogen (secondary N) is 1. The topological polar surface area (TPSA) is 67.3 Å². The quantitative estimate of drug-likeness (QED) is 0.780. The van der Waals surface area contributed by atoms with Gasteiger partial charge in [-0.25, -0.2) is 9.97 Å². The van der Waals surface area contributed by atoms with E-state index in [0.29, 0.717) is 10.8 Å². The number of aryl methyl sites for hydroxylation is 1. The minimum Gasteiger partial charge on any atom is -0.478 e. The third kappa shape index (κ3) is 4.69. The molecule has 0 spiro atoms. The number of carbonyl (C=O) groups excluding carboxylic acids is 1. The van der Waals surface area contributed by atoms with Crippen LogP contribution in [0.3, 0.4) is 0 Å². The Balaban J connectivity index is 1.33. The van der Waals surface area contributed by atoms with E-state index in [1.807, 2.05) is 0 Å². The van der Waals surface area contributed by atoms with Gasteiger partial charge in [0, 0.05) is 35.4 Å². The van der Waals surface area contributed by atoms with Crippen molar-refractivity contribution in [1.82, 2.24) is 15.3 Å². The second-order valence-corrected chi connectivity index (χ2v) is 9.07. The smallest absolute Gasteiger partial charge is 0.263 e. The van der Waals surface area contributed by atoms with Gasteiger partial charge in [-0.2, -0.15) is 0 Å². The summed E-state index contributed by atoms with van der Waals surface area (Å²) in [5.41, 5.74) is 1.57. The molecule has 1 amide bonds. The summed E-state index contributed by atoms with van der Waals surface area (Å²) < 4.78 is 5.91. The lowest BCUT2D eigenvalue weighted by Gasteiger charge is -2.36. The zero-order valence-electron chi connectivity index (χ0n) is 17.7. The van der Waals surface area contributed by atoms with E-state index in [0.717, 1.165) is 44.6 Å². The fraction of sp³-hybridized carbons (Fsp3) is 0.522. The van der Waals surface area contributed by atoms with Gasteiger partial charge in [-0.3, -0.25) is 4.79 Å². The number of carbonyl (C=O) groups is 1. The van der Waals surface area contributed by atoms with Crippen molar-refractivity contribution in [2.75, 3.05) is 18.0 Å². The molecule has 0 unspecified atom stereocenters. The molecule has 0 radical (unpaired) electrons. The molecule has 1 saturated heterocycles. The molecule has 0 saturated carbocycles. The number of rotatable bonds is 5. The Kier molecular flexibility index (Phi) is 6.14. The fourth-order valence-corrected chi connectivity index (χ4v) is 4.34. The van der Waals surface area contributed by atoms with Crippen LogP contribution in [0.1, 0.15) is 50.8 Å². The highest BCUT2D eigenvalue weighted by Crippen LogP contribution is 2.29. The first-order valence-electron chi connectivity index (χ1n) is 10.8. The summed E-state index contributed by atoms with van der Waals surface area (Å²) in [6.07, 6.45) is 8.03. The molecule has 1 aliphatic heterocycles. The van der Waals surface area contributed by atoms with Crippen LogP contribution < -0.4 is 15.0 Å². The Morgan fingerprint density at radius 1 is 1.13 bits per heavy atom. The van der Waals surface area contributed by atoms with E-state index in [-0.39, 0.29) is 11.9 Å². The number of piperidine rings is 1. The number of benzene rings is 1. The Labute approximate surface area is 183 Å². The second-order valence-electron chi connectivity index (χ2n) is 8.63. The molecule has 1 fully saturated rings. The largest absolute Gasteiger partial charge is 0.478 e. The van der Waals surface area contributed by atoms with Gasteiger partial charge < -0.3 is 15.0 Å². The van der Waals surface area contributed by atoms with E-state index >= 15 is 0 Å². The molecule has 2 heterocycles. The van der Waals surface area contributed by atoms with E-state index in [2.05, 4.69) is 20.2 Å². The molecule has 30 heavy (non-hydrogen) atoms. The molecule has 0 atom stereocenters. The van der Waals surface area contributed by atoms with Gasteiger partial charge in [0.05, 0.1) is 0 Å². The van der Waals surface area contributed by atoms with Crippen molar-refractivity contribution in [3.05, 3.63) is 46.9 Å². The predicted octanol–water partition coefficient (Wildman–Crippen LogP) is 3.95. The molecule has 160 valence electrons. The number of aromatic nitrogens is 2. The lowest BCUT2D eigenvalue weighted by atomic mass is 9.95. The molecule has 1 N–H and O–H groups in total. The first-order chi connectivity index (χ1) is 14.4. The van der Waals surface area contributed by atoms with Crippen LogP contribution in [0.2, 0.25) is 5.02 Å². The maximum absolute atomic E-state index is 12.9. The van der Waals surface area contributed by atoms with Crippen molar-refractivity contribution in [1.29, 1.82) is 0 Å². The van der Waals surface area contributed by atoms with Crippen LogP contribution in [-0.2, 0) is 17.6 Å². The lowest BCUT2D eigenvalue weighted by Crippen LogP contribution is -2.53. The SMILES string of the molecule is CC(C)(Oc1ccc(Cl)cc1)C(=O)NC1CCN(c2ncnc3c2CCCC3)CC1. The molecule has 1 aromatic carbocycles. The van der Waals surface area contributed by atoms with Crippen LogP contribution in [-0.4, -0.2) is 40.6 Å². The average molecular weight is 429 g/mol. The van der Waals surface area contributed by atoms with Crippen molar-refractivity contribution in [2.45, 2.75) is 64.0 Å². The van der Waals surface area contributed by atoms with Crippen LogP contribution in [0.15, 0.2) is 30.6 Å². The minimum absolute atomic E-state index is 0.102. The molecule has 1 aliphatic carbocycles. The second kappa shape index (κ2) is 8.80. The number of halogens is 1. The van der Waals surface area contributed by atoms with Gasteiger partial charge in [0.25, 0.3) is 5.91 Å². The van der Waals surface area contributed by atoms with Gasteiger partial charge in [-0.1, -0.05) is 11.6 Å². The number of hydrogen-bond acceptors (Lipinski definition) is 5. The molecular weight excluding hydrogens is 400 g/mol. The number of hydrogen-bond donors (Lipinski definition) is 1. The lowest BCUT2D eigenvalue weighted by molar-refractivity contribution is -0.135. The highest BCUT2D eigenvalue weighted by Gasteiger charge is 2.33. The van der Waals surface area contributed by atoms with E-state index in [1.54, 1.807) is 44.4 Å². The molecule has 6 nitrogen and oxygen atoms in total. The Morgan fingerprint density at radius 3 is 2.57 bits per heavy atom. The third-order valence-electron chi connectivity index (χ3n) is 5.97. The third-order valence-corrected chi connectivity index (χ3v) is 6.22. The highest BCUT2D eigenvalue weighted by atomic mass is 35.5. The maximum Gasteiger partial charge on any atom is 0.263 e. The summed E-state index contributed by atoms with van der Waals surface area (Å²) in [5.74, 6) is 1.62. The summed E-state index contributed by atoms with van der Waals surface area (Å²) in [6, 6.07) is 7.20. The molecule has 7 heteroatoms. The van der Waals surface area contributed by atoms with Gasteiger partial charge in [-0.15, -0.1) is 0 Å². The van der Waals surface area contributed by atoms with E-state index in [1.165, 1.54) is 24.1 Å². The van der Waals surface area contributed by atoms with Gasteiger partial charge in [0.1, 0.15) is 17.9 Å². The predicted molar refractivity (Wildman–Crippen MR) is 118 cm³/mol. The van der Waals surface area contributed by atoms with Crippen molar-refractivity contribution >= 4 is 23.3 Å². The van der Waals surface area contributed by atoms with E-state index < -0.39 is 5.60 Å². The van der Waals surface area contributed by atoms with Gasteiger partial charge in [-0.05, 0) is 76.6 Å². The van der Waals surface area contributed by atoms with Crippen molar-refractivity contribution in [3.8, 4) is 5.75 Å². The van der Waals surface area contributed by atoms with Crippen LogP contribution in [0.4, 0.5) is 5.82 Å². The number of amides is 1. The van der Waals surface area contributed by atoms with Gasteiger partial charge in [0.15, 0.2) is 5.60 Å². The Bertz CT molecular complexity index is 893. The monoisotopic (exact) mass is 428 g/mol. The first kappa shape index (κ1) is 20.9. The molecule has 2 aromatic rings. The number of anilines is 1. The van der Waals surface area contributed by atoms with Gasteiger partial charge in [0.2, 0.25) is 0 Å². The summed E-state index contributed by atoms with van der Waals surface area (Å²) in [4.78, 5) is 24.3. The van der Waals surface area contributed by atoms with Crippen LogP contribution in [0, 0.1) is 0 Å². The van der Waals surface area contributed by atoms with Crippen molar-refractivity contribution in [2.24, 2.45) is 0 Å². The summed E-state index contributed by atoms with van der Waals surface area (Å²) in [5, 5.41) is 3.82. The van der Waals surface area contributed by atoms with Crippen LogP contribution in [0.5, 0.6) is 5.75 Å². The highest BCUT2D eigenvalue weighted by molar-refractivity contribution is 6.30. The summed E-state index contributed by atoms with van der Waals surface area (Å²) in [7, 11) is 0. The standard InChI is InChI=1S/C23H29ClN4O2/c1-23(2,30-18-9-7-16(24)8-10-18)22(29)27-17-11-13-28(14-12-17)21-19-5-3-4-6-20(19)25-15-26-21/h7-10,15,17H,3-6,11-14H2,1-2H3,(H,27,29). The molecule has 4 rings (SSSR count). The first-order valence-corrected chi connectivity index (χ1v) is 11.1. The summed E-state index contributed by atoms with van der Waals surface area (Å²) >= 11 is 5.92. The zero-order valence-corrected chi connectivity index (χ0v) is 18.4. The van der Waals surface area contributed by atoms with Crippen LogP contribution in [0.25, 0.3) is 0 Å². The average Bonchev–Trinajstić information content (AvgIpc) is 2.75. The summed E-state index contributed by atoms with van der Waals surface area (Å²) in [6.45, 7) is 5.35. The molecule has 0 bridgehead atoms. The zero-order chi connectivity index (χ0) is 21.1. The van der Waals surface area contributed by atoms with E-state index in [9.17, 15) is 4.79 Å². The minimum atomic E-state index is -0.962. The van der Waals surface area contributed by atoms with Crippen molar-refractivity contribution in [3.63, 3.8) is 0 Å². The molecule has 2 aliphatic rings. The van der Waals surface area contributed by atoms with Crippen molar-refractivity contribution < 1.29 is 9.53 Å². The normalized spacial score (nSPS) is 17.4. The Hall–Kier alpha value is -2.34. The fourth-order valence-electron chi connectivity index (χ4n) is 4.21. The number of ether oxygens (including phenoxy) is 1. The molecular formula is C23H29ClN4O2. The molecule has 1 aromatic heterocycles. The van der Waals surface area contributed by atoms with E-state index in [4.69, 9.17) is 16.3 Å². The maximum atomic E-state index is 12.9.